The standard InChI is InChI=1S/C29H30F4N6O3S/c1-17-24(30)25(39-43(40,41)16-13-29(31,32)33)20-5-2-3-6-21(20)26(17)42-27-22(7-4-14-35-27)23-12-15-36-28(38-23)37-19-10-8-18(34)9-11-19/h2-7,12,14-15,18-19,39H,8-11,13,16,34H2,1H3,(H,36,37,38)/t18-,19-. The van der Waals surface area contributed by atoms with Gasteiger partial charge in [0.05, 0.1) is 29.1 Å². The van der Waals surface area contributed by atoms with E-state index in [1.54, 1.807) is 42.6 Å². The molecular formula is C29H30F4N6O3S. The number of alkyl halides is 3. The van der Waals surface area contributed by atoms with E-state index in [2.05, 4.69) is 20.3 Å². The maximum absolute atomic E-state index is 15.7. The van der Waals surface area contributed by atoms with Crippen molar-refractivity contribution in [1.82, 2.24) is 15.0 Å². The molecule has 0 saturated heterocycles. The summed E-state index contributed by atoms with van der Waals surface area (Å²) >= 11 is 0. The molecule has 0 bridgehead atoms. The van der Waals surface area contributed by atoms with Gasteiger partial charge in [-0.25, -0.2) is 27.8 Å². The lowest BCUT2D eigenvalue weighted by Gasteiger charge is -2.26. The van der Waals surface area contributed by atoms with Crippen LogP contribution in [0.2, 0.25) is 0 Å². The molecule has 5 rings (SSSR count). The van der Waals surface area contributed by atoms with Gasteiger partial charge in [-0.2, -0.15) is 13.2 Å². The summed E-state index contributed by atoms with van der Waals surface area (Å²) in [6.07, 6.45) is 0.487. The summed E-state index contributed by atoms with van der Waals surface area (Å²) in [7, 11) is -4.52. The number of benzene rings is 2. The van der Waals surface area contributed by atoms with Crippen molar-refractivity contribution in [2.24, 2.45) is 5.73 Å². The first-order chi connectivity index (χ1) is 20.4. The molecule has 0 radical (unpaired) electrons. The number of ether oxygens (including phenoxy) is 1. The van der Waals surface area contributed by atoms with Crippen molar-refractivity contribution in [3.05, 3.63) is 66.2 Å². The SMILES string of the molecule is Cc1c(F)c(NS(=O)(=O)CCC(F)(F)F)c2ccccc2c1Oc1ncccc1-c1ccnc(N[C@H]2CC[C@H](N)CC2)n1. The van der Waals surface area contributed by atoms with Crippen LogP contribution in [0.4, 0.5) is 29.2 Å². The van der Waals surface area contributed by atoms with E-state index in [1.807, 2.05) is 4.72 Å². The molecule has 0 atom stereocenters. The molecular weight excluding hydrogens is 588 g/mol. The predicted octanol–water partition coefficient (Wildman–Crippen LogP) is 6.31. The van der Waals surface area contributed by atoms with Gasteiger partial charge in [0.1, 0.15) is 5.75 Å². The van der Waals surface area contributed by atoms with Crippen molar-refractivity contribution in [2.45, 2.75) is 57.3 Å². The van der Waals surface area contributed by atoms with E-state index in [0.717, 1.165) is 25.7 Å². The predicted molar refractivity (Wildman–Crippen MR) is 156 cm³/mol. The monoisotopic (exact) mass is 618 g/mol. The Bertz CT molecular complexity index is 1730. The number of nitrogens with one attached hydrogen (secondary N) is 2. The Morgan fingerprint density at radius 3 is 2.44 bits per heavy atom. The number of hydrogen-bond donors (Lipinski definition) is 3. The van der Waals surface area contributed by atoms with E-state index in [-0.39, 0.29) is 34.7 Å². The van der Waals surface area contributed by atoms with Gasteiger partial charge in [0.15, 0.2) is 5.82 Å². The number of sulfonamides is 1. The molecule has 1 fully saturated rings. The summed E-state index contributed by atoms with van der Waals surface area (Å²) in [4.78, 5) is 13.3. The molecule has 0 unspecified atom stereocenters. The lowest BCUT2D eigenvalue weighted by molar-refractivity contribution is -0.129. The minimum atomic E-state index is -4.69. The van der Waals surface area contributed by atoms with Crippen molar-refractivity contribution in [1.29, 1.82) is 0 Å². The van der Waals surface area contributed by atoms with Gasteiger partial charge < -0.3 is 15.8 Å². The molecule has 2 aromatic carbocycles. The van der Waals surface area contributed by atoms with Crippen molar-refractivity contribution >= 4 is 32.4 Å². The minimum absolute atomic E-state index is 0.0654. The second-order valence-corrected chi connectivity index (χ2v) is 12.3. The van der Waals surface area contributed by atoms with Gasteiger partial charge in [-0.3, -0.25) is 4.72 Å². The average molecular weight is 619 g/mol. The Labute approximate surface area is 246 Å². The van der Waals surface area contributed by atoms with E-state index < -0.39 is 39.9 Å². The molecule has 0 amide bonds. The third-order valence-electron chi connectivity index (χ3n) is 7.25. The number of fused-ring (bicyclic) bond motifs is 1. The smallest absolute Gasteiger partial charge is 0.390 e. The minimum Gasteiger partial charge on any atom is -0.437 e. The molecule has 0 spiro atoms. The van der Waals surface area contributed by atoms with Gasteiger partial charge in [0, 0.05) is 40.8 Å². The maximum atomic E-state index is 15.7. The van der Waals surface area contributed by atoms with Gasteiger partial charge in [-0.1, -0.05) is 24.3 Å². The molecule has 1 saturated carbocycles. The quantitative estimate of drug-likeness (QED) is 0.186. The topological polar surface area (TPSA) is 132 Å². The second-order valence-electron chi connectivity index (χ2n) is 10.5. The van der Waals surface area contributed by atoms with E-state index in [0.29, 0.717) is 22.6 Å². The number of aromatic nitrogens is 3. The van der Waals surface area contributed by atoms with Gasteiger partial charge in [-0.15, -0.1) is 0 Å². The third kappa shape index (κ3) is 7.31. The molecule has 2 heterocycles. The fourth-order valence-corrected chi connectivity index (χ4v) is 6.10. The highest BCUT2D eigenvalue weighted by Gasteiger charge is 2.31. The first kappa shape index (κ1) is 30.4. The summed E-state index contributed by atoms with van der Waals surface area (Å²) < 4.78 is 86.9. The fraction of sp³-hybridized carbons (Fsp3) is 0.345. The first-order valence-electron chi connectivity index (χ1n) is 13.7. The number of anilines is 2. The van der Waals surface area contributed by atoms with Gasteiger partial charge in [0.25, 0.3) is 0 Å². The molecule has 14 heteroatoms. The number of rotatable bonds is 9. The van der Waals surface area contributed by atoms with E-state index in [4.69, 9.17) is 10.5 Å². The molecule has 4 N–H and O–H groups in total. The van der Waals surface area contributed by atoms with Crippen LogP contribution in [-0.2, 0) is 10.0 Å². The number of nitrogens with two attached hydrogens (primary N) is 1. The third-order valence-corrected chi connectivity index (χ3v) is 8.51. The average Bonchev–Trinajstić information content (AvgIpc) is 2.98. The first-order valence-corrected chi connectivity index (χ1v) is 15.3. The van der Waals surface area contributed by atoms with Crippen molar-refractivity contribution in [3.8, 4) is 22.9 Å². The lowest BCUT2D eigenvalue weighted by Crippen LogP contribution is -2.33. The normalized spacial score (nSPS) is 17.5. The van der Waals surface area contributed by atoms with E-state index in [9.17, 15) is 21.6 Å². The van der Waals surface area contributed by atoms with Crippen LogP contribution in [-0.4, -0.2) is 47.4 Å². The Morgan fingerprint density at radius 1 is 1.00 bits per heavy atom. The highest BCUT2D eigenvalue weighted by molar-refractivity contribution is 7.92. The molecule has 4 aromatic rings. The Hall–Kier alpha value is -4.04. The van der Waals surface area contributed by atoms with Crippen molar-refractivity contribution in [3.63, 3.8) is 0 Å². The van der Waals surface area contributed by atoms with Crippen molar-refractivity contribution < 1.29 is 30.7 Å². The zero-order valence-electron chi connectivity index (χ0n) is 23.2. The number of pyridine rings is 1. The van der Waals surface area contributed by atoms with Gasteiger partial charge in [0.2, 0.25) is 21.9 Å². The molecule has 9 nitrogen and oxygen atoms in total. The fourth-order valence-electron chi connectivity index (χ4n) is 4.98. The van der Waals surface area contributed by atoms with Crippen LogP contribution in [0.25, 0.3) is 22.0 Å². The molecule has 43 heavy (non-hydrogen) atoms. The van der Waals surface area contributed by atoms with Crippen LogP contribution in [0.15, 0.2) is 54.9 Å². The van der Waals surface area contributed by atoms with Gasteiger partial charge >= 0.3 is 6.18 Å². The largest absolute Gasteiger partial charge is 0.437 e. The molecule has 0 aliphatic heterocycles. The van der Waals surface area contributed by atoms with Crippen molar-refractivity contribution in [2.75, 3.05) is 15.8 Å². The number of halogens is 4. The second kappa shape index (κ2) is 12.3. The van der Waals surface area contributed by atoms with Crippen LogP contribution in [0, 0.1) is 12.7 Å². The Kier molecular flexibility index (Phi) is 8.69. The number of hydrogen-bond acceptors (Lipinski definition) is 8. The summed E-state index contributed by atoms with van der Waals surface area (Å²) in [5.41, 5.74) is 6.49. The van der Waals surface area contributed by atoms with Crippen LogP contribution in [0.5, 0.6) is 11.6 Å². The lowest BCUT2D eigenvalue weighted by atomic mass is 9.92. The summed E-state index contributed by atoms with van der Waals surface area (Å²) in [5, 5.41) is 3.79. The van der Waals surface area contributed by atoms with Crippen LogP contribution in [0.3, 0.4) is 0 Å². The van der Waals surface area contributed by atoms with Crippen LogP contribution in [0.1, 0.15) is 37.7 Å². The highest BCUT2D eigenvalue weighted by atomic mass is 32.2. The maximum Gasteiger partial charge on any atom is 0.390 e. The molecule has 1 aliphatic carbocycles. The zero-order valence-corrected chi connectivity index (χ0v) is 24.0. The Balaban J connectivity index is 1.47. The molecule has 228 valence electrons. The van der Waals surface area contributed by atoms with Gasteiger partial charge in [-0.05, 0) is 50.8 Å². The summed E-state index contributed by atoms with van der Waals surface area (Å²) in [6.45, 7) is 1.38. The zero-order chi connectivity index (χ0) is 30.8. The van der Waals surface area contributed by atoms with Crippen LogP contribution < -0.4 is 20.5 Å². The molecule has 2 aromatic heterocycles. The number of nitrogens with zero attached hydrogens (tertiary/aromatic N) is 3. The highest BCUT2D eigenvalue weighted by Crippen LogP contribution is 2.42. The van der Waals surface area contributed by atoms with E-state index in [1.165, 1.54) is 19.2 Å². The summed E-state index contributed by atoms with van der Waals surface area (Å²) in [6, 6.07) is 11.8. The Morgan fingerprint density at radius 2 is 1.72 bits per heavy atom. The van der Waals surface area contributed by atoms with Crippen LogP contribution >= 0.6 is 0 Å². The summed E-state index contributed by atoms with van der Waals surface area (Å²) in [5.74, 6) is -1.62. The molecule has 1 aliphatic rings. The van der Waals surface area contributed by atoms with E-state index >= 15 is 4.39 Å².